The molecule has 4 atom stereocenters. The van der Waals surface area contributed by atoms with Crippen LogP contribution < -0.4 is 14.4 Å². The molecule has 1 amide bonds. The first-order valence-electron chi connectivity index (χ1n) is 13.3. The number of sulfonamides is 1. The number of aryl methyl sites for hydroxylation is 1. The number of aliphatic hydroxyl groups is 1. The number of nitrogens with zero attached hydrogens (tertiary/aromatic N) is 1. The van der Waals surface area contributed by atoms with Gasteiger partial charge in [0.1, 0.15) is 5.75 Å². The van der Waals surface area contributed by atoms with Crippen molar-refractivity contribution in [2.45, 2.75) is 56.5 Å². The molecule has 1 fully saturated rings. The molecule has 0 aromatic heterocycles. The van der Waals surface area contributed by atoms with E-state index >= 15 is 0 Å². The minimum Gasteiger partial charge on any atom is -0.490 e. The molecule has 2 aliphatic heterocycles. The average molecular weight is 545 g/mol. The maximum atomic E-state index is 12.9. The molecule has 198 valence electrons. The number of rotatable bonds is 0. The molecule has 2 aliphatic carbocycles. The zero-order valence-electron chi connectivity index (χ0n) is 20.8. The van der Waals surface area contributed by atoms with Gasteiger partial charge in [-0.1, -0.05) is 17.7 Å². The van der Waals surface area contributed by atoms with Crippen molar-refractivity contribution in [3.05, 3.63) is 58.1 Å². The van der Waals surface area contributed by atoms with Crippen LogP contribution in [0.15, 0.2) is 36.4 Å². The summed E-state index contributed by atoms with van der Waals surface area (Å²) >= 11 is 6.34. The largest absolute Gasteiger partial charge is 0.490 e. The highest BCUT2D eigenvalue weighted by Gasteiger charge is 2.44. The van der Waals surface area contributed by atoms with E-state index in [0.717, 1.165) is 55.9 Å². The predicted octanol–water partition coefficient (Wildman–Crippen LogP) is 4.05. The van der Waals surface area contributed by atoms with Gasteiger partial charge in [-0.3, -0.25) is 4.79 Å². The summed E-state index contributed by atoms with van der Waals surface area (Å²) in [5, 5.41) is 11.7. The third-order valence-corrected chi connectivity index (χ3v) is 10.4. The maximum absolute atomic E-state index is 12.9. The Morgan fingerprint density at radius 1 is 1.11 bits per heavy atom. The highest BCUT2D eigenvalue weighted by molar-refractivity contribution is 7.90. The quantitative estimate of drug-likeness (QED) is 0.519. The lowest BCUT2D eigenvalue weighted by Crippen LogP contribution is -2.49. The van der Waals surface area contributed by atoms with E-state index < -0.39 is 22.0 Å². The number of amides is 1. The average Bonchev–Trinajstić information content (AvgIpc) is 2.98. The second-order valence-corrected chi connectivity index (χ2v) is 13.5. The summed E-state index contributed by atoms with van der Waals surface area (Å²) in [5.74, 6) is 0.311. The maximum Gasteiger partial charge on any atom is 0.264 e. The lowest BCUT2D eigenvalue weighted by atomic mass is 9.68. The van der Waals surface area contributed by atoms with E-state index in [1.165, 1.54) is 11.1 Å². The summed E-state index contributed by atoms with van der Waals surface area (Å²) in [4.78, 5) is 15.3. The summed E-state index contributed by atoms with van der Waals surface area (Å²) in [5.41, 5.74) is 3.40. The van der Waals surface area contributed by atoms with Crippen molar-refractivity contribution in [1.29, 1.82) is 0 Å². The van der Waals surface area contributed by atoms with Gasteiger partial charge in [-0.25, -0.2) is 13.1 Å². The molecule has 2 N–H and O–H groups in total. The molecule has 9 heteroatoms. The van der Waals surface area contributed by atoms with Gasteiger partial charge >= 0.3 is 0 Å². The van der Waals surface area contributed by atoms with Crippen molar-refractivity contribution in [1.82, 2.24) is 4.72 Å². The number of aliphatic hydroxyl groups excluding tert-OH is 1. The van der Waals surface area contributed by atoms with Gasteiger partial charge in [0.05, 0.1) is 24.2 Å². The van der Waals surface area contributed by atoms with E-state index in [-0.39, 0.29) is 17.1 Å². The Bertz CT molecular complexity index is 1330. The Morgan fingerprint density at radius 2 is 1.97 bits per heavy atom. The number of nitrogens with one attached hydrogen (secondary N) is 1. The van der Waals surface area contributed by atoms with Crippen LogP contribution in [0.4, 0.5) is 5.69 Å². The third-order valence-electron chi connectivity index (χ3n) is 8.89. The number of ether oxygens (including phenoxy) is 1. The number of hydrogen-bond donors (Lipinski definition) is 2. The fourth-order valence-electron chi connectivity index (χ4n) is 6.81. The zero-order valence-corrected chi connectivity index (χ0v) is 22.4. The Kier molecular flexibility index (Phi) is 6.40. The van der Waals surface area contributed by atoms with Crippen LogP contribution in [0.3, 0.4) is 0 Å². The number of anilines is 1. The fourth-order valence-corrected chi connectivity index (χ4v) is 8.06. The number of benzene rings is 2. The van der Waals surface area contributed by atoms with Crippen LogP contribution in [0.5, 0.6) is 5.75 Å². The molecule has 0 unspecified atom stereocenters. The van der Waals surface area contributed by atoms with Gasteiger partial charge in [-0.05, 0) is 98.2 Å². The van der Waals surface area contributed by atoms with Crippen LogP contribution in [0.2, 0.25) is 5.02 Å². The van der Waals surface area contributed by atoms with E-state index in [1.807, 2.05) is 6.07 Å². The van der Waals surface area contributed by atoms with E-state index in [2.05, 4.69) is 21.8 Å². The Hall–Kier alpha value is -2.29. The van der Waals surface area contributed by atoms with Crippen LogP contribution in [0, 0.1) is 11.8 Å². The number of halogens is 1. The molecule has 0 radical (unpaired) electrons. The minimum absolute atomic E-state index is 0.143. The zero-order chi connectivity index (χ0) is 25.8. The van der Waals surface area contributed by atoms with Crippen molar-refractivity contribution in [3.8, 4) is 5.75 Å². The molecule has 4 aliphatic rings. The molecule has 6 rings (SSSR count). The van der Waals surface area contributed by atoms with Crippen LogP contribution in [0.1, 0.15) is 60.0 Å². The summed E-state index contributed by atoms with van der Waals surface area (Å²) in [7, 11) is -3.80. The van der Waals surface area contributed by atoms with Crippen molar-refractivity contribution in [3.63, 3.8) is 0 Å². The van der Waals surface area contributed by atoms with Crippen LogP contribution >= 0.6 is 11.6 Å². The second-order valence-electron chi connectivity index (χ2n) is 11.2. The smallest absolute Gasteiger partial charge is 0.264 e. The van der Waals surface area contributed by atoms with Gasteiger partial charge in [0.25, 0.3) is 5.91 Å². The van der Waals surface area contributed by atoms with Crippen molar-refractivity contribution in [2.24, 2.45) is 11.8 Å². The van der Waals surface area contributed by atoms with Crippen LogP contribution in [-0.2, 0) is 21.9 Å². The van der Waals surface area contributed by atoms with Gasteiger partial charge < -0.3 is 14.7 Å². The fraction of sp³-hybridized carbons (Fsp3) is 0.536. The minimum atomic E-state index is -3.80. The lowest BCUT2D eigenvalue weighted by molar-refractivity contribution is 0.0103. The topological polar surface area (TPSA) is 95.9 Å². The molecular formula is C28H33ClN2O5S. The van der Waals surface area contributed by atoms with Gasteiger partial charge in [0.2, 0.25) is 10.0 Å². The first kappa shape index (κ1) is 25.0. The standard InChI is InChI=1S/C28H33ClN2O5S/c29-21-7-9-23-18(13-21)3-1-11-28(23)16-31-15-20-5-8-22(20)25(32)4-2-12-37(34,35)30-27(33)19-6-10-26(36-17-28)24(31)14-19/h6-7,9-10,13-14,20,22,25,32H,1-5,8,11-12,15-17H2,(H,30,33)/t20-,22+,25-,28-/m0/s1. The second kappa shape index (κ2) is 9.47. The van der Waals surface area contributed by atoms with E-state index in [1.54, 1.807) is 18.2 Å². The van der Waals surface area contributed by atoms with E-state index in [9.17, 15) is 18.3 Å². The lowest BCUT2D eigenvalue weighted by Gasteiger charge is -2.45. The first-order valence-corrected chi connectivity index (χ1v) is 15.3. The monoisotopic (exact) mass is 544 g/mol. The Balaban J connectivity index is 1.43. The van der Waals surface area contributed by atoms with Gasteiger partial charge in [0.15, 0.2) is 0 Å². The summed E-state index contributed by atoms with van der Waals surface area (Å²) in [6.45, 7) is 1.99. The molecular weight excluding hydrogens is 512 g/mol. The van der Waals surface area contributed by atoms with Crippen molar-refractivity contribution < 1.29 is 23.1 Å². The number of carbonyl (C=O) groups excluding carboxylic acids is 1. The van der Waals surface area contributed by atoms with E-state index in [0.29, 0.717) is 36.7 Å². The molecule has 0 saturated heterocycles. The highest BCUT2D eigenvalue weighted by atomic mass is 35.5. The van der Waals surface area contributed by atoms with Crippen molar-refractivity contribution >= 4 is 33.2 Å². The van der Waals surface area contributed by atoms with Crippen LogP contribution in [-0.4, -0.2) is 51.0 Å². The first-order chi connectivity index (χ1) is 17.7. The molecule has 2 heterocycles. The van der Waals surface area contributed by atoms with Gasteiger partial charge in [-0.15, -0.1) is 0 Å². The van der Waals surface area contributed by atoms with Crippen molar-refractivity contribution in [2.75, 3.05) is 30.3 Å². The summed E-state index contributed by atoms with van der Waals surface area (Å²) in [6, 6.07) is 11.3. The van der Waals surface area contributed by atoms with Gasteiger partial charge in [-0.2, -0.15) is 0 Å². The molecule has 37 heavy (non-hydrogen) atoms. The molecule has 2 aromatic carbocycles. The van der Waals surface area contributed by atoms with Gasteiger partial charge in [0, 0.05) is 29.1 Å². The number of carbonyl (C=O) groups is 1. The SMILES string of the molecule is O=C1NS(=O)(=O)CCC[C@H](O)[C@@H]2CC[C@H]2CN2C[C@@]3(CCCc4cc(Cl)ccc43)COc3ccc1cc32. The van der Waals surface area contributed by atoms with E-state index in [4.69, 9.17) is 16.3 Å². The Morgan fingerprint density at radius 3 is 2.78 bits per heavy atom. The highest BCUT2D eigenvalue weighted by Crippen LogP contribution is 2.46. The third kappa shape index (κ3) is 4.72. The predicted molar refractivity (Wildman–Crippen MR) is 143 cm³/mol. The van der Waals surface area contributed by atoms with Crippen LogP contribution in [0.25, 0.3) is 0 Å². The molecule has 7 nitrogen and oxygen atoms in total. The molecule has 2 bridgehead atoms. The molecule has 1 spiro atoms. The molecule has 1 saturated carbocycles. The normalized spacial score (nSPS) is 31.0. The number of fused-ring (bicyclic) bond motifs is 4. The Labute approximate surface area is 223 Å². The number of hydrogen-bond acceptors (Lipinski definition) is 6. The molecule has 2 aromatic rings. The summed E-state index contributed by atoms with van der Waals surface area (Å²) in [6.07, 6.45) is 5.15. The summed E-state index contributed by atoms with van der Waals surface area (Å²) < 4.78 is 33.8.